The van der Waals surface area contributed by atoms with Gasteiger partial charge in [-0.15, -0.1) is 0 Å². The first-order valence-corrected chi connectivity index (χ1v) is 7.71. The second-order valence-corrected chi connectivity index (χ2v) is 5.46. The van der Waals surface area contributed by atoms with E-state index in [1.807, 2.05) is 24.3 Å². The van der Waals surface area contributed by atoms with Crippen LogP contribution in [0, 0.1) is 11.8 Å². The molecule has 1 unspecified atom stereocenters. The molecule has 25 heavy (non-hydrogen) atoms. The monoisotopic (exact) mass is 334 g/mol. The highest BCUT2D eigenvalue weighted by Gasteiger charge is 2.30. The fourth-order valence-electron chi connectivity index (χ4n) is 2.75. The first-order chi connectivity index (χ1) is 12.2. The highest BCUT2D eigenvalue weighted by molar-refractivity contribution is 5.71. The Kier molecular flexibility index (Phi) is 3.76. The number of aromatic nitrogens is 4. The van der Waals surface area contributed by atoms with Gasteiger partial charge in [0.2, 0.25) is 0 Å². The van der Waals surface area contributed by atoms with Crippen LogP contribution in [0.1, 0.15) is 29.4 Å². The number of imidazole rings is 1. The van der Waals surface area contributed by atoms with E-state index in [0.29, 0.717) is 24.4 Å². The molecule has 0 aliphatic carbocycles. The number of urea groups is 1. The van der Waals surface area contributed by atoms with Crippen molar-refractivity contribution in [3.05, 3.63) is 59.8 Å². The molecule has 2 amide bonds. The minimum Gasteiger partial charge on any atom is -0.350 e. The van der Waals surface area contributed by atoms with Gasteiger partial charge in [-0.3, -0.25) is 4.84 Å². The van der Waals surface area contributed by atoms with E-state index in [-0.39, 0.29) is 6.04 Å². The molecule has 3 aromatic rings. The molecule has 4 heterocycles. The number of hydroxylamine groups is 2. The number of nitrogens with two attached hydrogens (primary N) is 1. The Morgan fingerprint density at radius 3 is 3.08 bits per heavy atom. The number of carbonyl (C=O) groups excluding carboxylic acids is 1. The lowest BCUT2D eigenvalue weighted by atomic mass is 10.1. The summed E-state index contributed by atoms with van der Waals surface area (Å²) in [6.45, 7) is 0.449. The van der Waals surface area contributed by atoms with Crippen LogP contribution in [0.15, 0.2) is 42.9 Å². The molecule has 1 aliphatic rings. The largest absolute Gasteiger partial charge is 0.350 e. The van der Waals surface area contributed by atoms with Gasteiger partial charge in [0.05, 0.1) is 18.8 Å². The summed E-state index contributed by atoms with van der Waals surface area (Å²) in [5.74, 6) is 6.03. The molecule has 0 saturated carbocycles. The Balaban J connectivity index is 1.64. The van der Waals surface area contributed by atoms with Crippen LogP contribution in [0.4, 0.5) is 4.79 Å². The average Bonchev–Trinajstić information content (AvgIpc) is 3.27. The second kappa shape index (κ2) is 6.22. The predicted octanol–water partition coefficient (Wildman–Crippen LogP) is 1.28. The number of amides is 2. The third-order valence-corrected chi connectivity index (χ3v) is 3.89. The van der Waals surface area contributed by atoms with Gasteiger partial charge in [-0.2, -0.15) is 10.2 Å². The molecule has 2 N–H and O–H groups in total. The number of fused-ring (bicyclic) bond motifs is 1. The van der Waals surface area contributed by atoms with Crippen LogP contribution in [0.5, 0.6) is 0 Å². The number of hydrogen-bond donors (Lipinski definition) is 1. The van der Waals surface area contributed by atoms with Gasteiger partial charge < -0.3 is 5.73 Å². The van der Waals surface area contributed by atoms with Crippen LogP contribution in [-0.2, 0) is 4.84 Å². The second-order valence-electron chi connectivity index (χ2n) is 5.46. The molecule has 1 aliphatic heterocycles. The van der Waals surface area contributed by atoms with Crippen molar-refractivity contribution < 1.29 is 9.63 Å². The lowest BCUT2D eigenvalue weighted by molar-refractivity contribution is -0.0847. The first-order valence-electron chi connectivity index (χ1n) is 7.71. The molecular formula is C17H14N6O2. The Labute approximate surface area is 143 Å². The Morgan fingerprint density at radius 2 is 2.20 bits per heavy atom. The third kappa shape index (κ3) is 2.88. The zero-order valence-electron chi connectivity index (χ0n) is 13.2. The Bertz CT molecular complexity index is 1000. The molecule has 4 rings (SSSR count). The summed E-state index contributed by atoms with van der Waals surface area (Å²) in [5, 5.41) is 5.42. The van der Waals surface area contributed by atoms with E-state index in [1.165, 1.54) is 5.06 Å². The molecule has 1 saturated heterocycles. The van der Waals surface area contributed by atoms with Crippen molar-refractivity contribution in [1.29, 1.82) is 0 Å². The number of pyridine rings is 1. The zero-order chi connectivity index (χ0) is 17.2. The fourth-order valence-corrected chi connectivity index (χ4v) is 2.75. The van der Waals surface area contributed by atoms with Gasteiger partial charge >= 0.3 is 6.03 Å². The maximum atomic E-state index is 11.4. The molecular weight excluding hydrogens is 320 g/mol. The first kappa shape index (κ1) is 15.1. The average molecular weight is 334 g/mol. The Hall–Kier alpha value is -3.44. The van der Waals surface area contributed by atoms with Gasteiger partial charge in [-0.25, -0.2) is 19.3 Å². The number of carbonyl (C=O) groups is 1. The Morgan fingerprint density at radius 1 is 1.28 bits per heavy atom. The topological polar surface area (TPSA) is 98.6 Å². The molecule has 0 bridgehead atoms. The molecule has 0 radical (unpaired) electrons. The number of rotatable bonds is 1. The maximum absolute atomic E-state index is 11.4. The quantitative estimate of drug-likeness (QED) is 0.676. The van der Waals surface area contributed by atoms with Gasteiger partial charge in [0, 0.05) is 18.8 Å². The minimum atomic E-state index is -0.608. The lowest BCUT2D eigenvalue weighted by Crippen LogP contribution is -2.34. The van der Waals surface area contributed by atoms with E-state index in [4.69, 9.17) is 10.6 Å². The van der Waals surface area contributed by atoms with E-state index in [2.05, 4.69) is 26.9 Å². The third-order valence-electron chi connectivity index (χ3n) is 3.89. The summed E-state index contributed by atoms with van der Waals surface area (Å²) in [6.07, 6.45) is 5.68. The van der Waals surface area contributed by atoms with Gasteiger partial charge in [-0.05, 0) is 41.7 Å². The maximum Gasteiger partial charge on any atom is 0.339 e. The molecule has 0 aromatic carbocycles. The van der Waals surface area contributed by atoms with Crippen molar-refractivity contribution in [2.45, 2.75) is 12.5 Å². The summed E-state index contributed by atoms with van der Waals surface area (Å²) in [7, 11) is 0. The molecule has 124 valence electrons. The molecule has 1 atom stereocenters. The number of hydrogen-bond acceptors (Lipinski definition) is 5. The van der Waals surface area contributed by atoms with E-state index in [1.54, 1.807) is 23.1 Å². The molecule has 8 nitrogen and oxygen atoms in total. The minimum absolute atomic E-state index is 0.224. The van der Waals surface area contributed by atoms with Crippen molar-refractivity contribution in [2.75, 3.05) is 6.61 Å². The highest BCUT2D eigenvalue weighted by Crippen LogP contribution is 2.29. The van der Waals surface area contributed by atoms with E-state index >= 15 is 0 Å². The standard InChI is InChI=1S/C17H14N6O2/c18-17(24)23-15(6-9-25-23)12-5-8-19-13(10-12)3-4-14-11-20-16-2-1-7-21-22(14)16/h1-2,5,7-8,10-11,15H,6,9H2,(H2,18,24). The summed E-state index contributed by atoms with van der Waals surface area (Å²) < 4.78 is 1.66. The number of nitrogens with zero attached hydrogens (tertiary/aromatic N) is 5. The van der Waals surface area contributed by atoms with Crippen LogP contribution in [-0.4, -0.2) is 37.3 Å². The van der Waals surface area contributed by atoms with E-state index in [9.17, 15) is 4.79 Å². The van der Waals surface area contributed by atoms with Crippen molar-refractivity contribution in [2.24, 2.45) is 5.73 Å². The van der Waals surface area contributed by atoms with Crippen molar-refractivity contribution in [3.63, 3.8) is 0 Å². The van der Waals surface area contributed by atoms with Crippen molar-refractivity contribution in [1.82, 2.24) is 24.6 Å². The zero-order valence-corrected chi connectivity index (χ0v) is 13.2. The predicted molar refractivity (Wildman–Crippen MR) is 87.9 cm³/mol. The SMILES string of the molecule is NC(=O)N1OCCC1c1ccnc(C#Cc2cnc3cccnn23)c1. The number of primary amides is 1. The molecule has 3 aromatic heterocycles. The van der Waals surface area contributed by atoms with Crippen molar-refractivity contribution >= 4 is 11.7 Å². The van der Waals surface area contributed by atoms with Crippen LogP contribution < -0.4 is 5.73 Å². The van der Waals surface area contributed by atoms with Crippen LogP contribution in [0.2, 0.25) is 0 Å². The highest BCUT2D eigenvalue weighted by atomic mass is 16.7. The van der Waals surface area contributed by atoms with Crippen LogP contribution >= 0.6 is 0 Å². The van der Waals surface area contributed by atoms with E-state index < -0.39 is 6.03 Å². The summed E-state index contributed by atoms with van der Waals surface area (Å²) in [4.78, 5) is 25.2. The molecule has 1 fully saturated rings. The molecule has 8 heteroatoms. The van der Waals surface area contributed by atoms with Gasteiger partial charge in [0.15, 0.2) is 5.65 Å². The normalized spacial score (nSPS) is 16.6. The summed E-state index contributed by atoms with van der Waals surface area (Å²) >= 11 is 0. The van der Waals surface area contributed by atoms with Crippen molar-refractivity contribution in [3.8, 4) is 11.8 Å². The molecule has 0 spiro atoms. The summed E-state index contributed by atoms with van der Waals surface area (Å²) in [6, 6.07) is 6.51. The van der Waals surface area contributed by atoms with Crippen LogP contribution in [0.25, 0.3) is 5.65 Å². The van der Waals surface area contributed by atoms with Crippen LogP contribution in [0.3, 0.4) is 0 Å². The van der Waals surface area contributed by atoms with E-state index in [0.717, 1.165) is 11.2 Å². The van der Waals surface area contributed by atoms with Gasteiger partial charge in [0.1, 0.15) is 11.4 Å². The lowest BCUT2D eigenvalue weighted by Gasteiger charge is -2.20. The van der Waals surface area contributed by atoms with Gasteiger partial charge in [-0.1, -0.05) is 0 Å². The van der Waals surface area contributed by atoms with Gasteiger partial charge in [0.25, 0.3) is 0 Å². The summed E-state index contributed by atoms with van der Waals surface area (Å²) in [5.41, 5.74) is 8.21. The smallest absolute Gasteiger partial charge is 0.339 e. The fraction of sp³-hybridized carbons (Fsp3) is 0.176.